The molecular formula is C16H31N3O2. The number of nitrogens with two attached hydrogens (primary N) is 1. The van der Waals surface area contributed by atoms with Crippen LogP contribution in [0.25, 0.3) is 0 Å². The second-order valence-electron chi connectivity index (χ2n) is 6.36. The Kier molecular flexibility index (Phi) is 6.45. The molecule has 3 atom stereocenters. The third-order valence-corrected chi connectivity index (χ3v) is 4.93. The van der Waals surface area contributed by atoms with Gasteiger partial charge in [-0.1, -0.05) is 13.8 Å². The molecule has 0 aromatic carbocycles. The Labute approximate surface area is 128 Å². The number of likely N-dealkylation sites (tertiary alicyclic amines) is 1. The van der Waals surface area contributed by atoms with Crippen molar-refractivity contribution >= 4 is 5.91 Å². The van der Waals surface area contributed by atoms with Crippen LogP contribution >= 0.6 is 0 Å². The lowest BCUT2D eigenvalue weighted by molar-refractivity contribution is -0.134. The summed E-state index contributed by atoms with van der Waals surface area (Å²) in [6, 6.07) is 0.225. The SMILES string of the molecule is CCN(CC)CCOC1CCN(C(=O)C2CCC(N)C2)C1. The summed E-state index contributed by atoms with van der Waals surface area (Å²) in [6.07, 6.45) is 4.02. The molecule has 0 bridgehead atoms. The van der Waals surface area contributed by atoms with E-state index in [2.05, 4.69) is 18.7 Å². The van der Waals surface area contributed by atoms with E-state index in [0.717, 1.165) is 65.0 Å². The van der Waals surface area contributed by atoms with Crippen molar-refractivity contribution in [1.82, 2.24) is 9.80 Å². The van der Waals surface area contributed by atoms with E-state index in [1.165, 1.54) is 0 Å². The van der Waals surface area contributed by atoms with Gasteiger partial charge in [0.2, 0.25) is 5.91 Å². The first-order valence-corrected chi connectivity index (χ1v) is 8.52. The predicted molar refractivity (Wildman–Crippen MR) is 84.0 cm³/mol. The van der Waals surface area contributed by atoms with Crippen LogP contribution < -0.4 is 5.73 Å². The Hall–Kier alpha value is -0.650. The van der Waals surface area contributed by atoms with Crippen molar-refractivity contribution in [2.24, 2.45) is 11.7 Å². The van der Waals surface area contributed by atoms with Crippen molar-refractivity contribution in [3.8, 4) is 0 Å². The van der Waals surface area contributed by atoms with E-state index in [9.17, 15) is 4.79 Å². The summed E-state index contributed by atoms with van der Waals surface area (Å²) in [5.74, 6) is 0.465. The maximum absolute atomic E-state index is 12.4. The van der Waals surface area contributed by atoms with Gasteiger partial charge < -0.3 is 20.3 Å². The zero-order chi connectivity index (χ0) is 15.2. The molecule has 2 fully saturated rings. The topological polar surface area (TPSA) is 58.8 Å². The minimum atomic E-state index is 0.162. The highest BCUT2D eigenvalue weighted by atomic mass is 16.5. The van der Waals surface area contributed by atoms with E-state index < -0.39 is 0 Å². The van der Waals surface area contributed by atoms with Crippen LogP contribution in [-0.4, -0.2) is 67.2 Å². The molecule has 5 nitrogen and oxygen atoms in total. The highest BCUT2D eigenvalue weighted by Gasteiger charge is 2.34. The van der Waals surface area contributed by atoms with Crippen LogP contribution in [0.5, 0.6) is 0 Å². The monoisotopic (exact) mass is 297 g/mol. The smallest absolute Gasteiger partial charge is 0.225 e. The van der Waals surface area contributed by atoms with Gasteiger partial charge in [-0.3, -0.25) is 4.79 Å². The average molecular weight is 297 g/mol. The summed E-state index contributed by atoms with van der Waals surface area (Å²) in [4.78, 5) is 16.8. The molecule has 2 rings (SSSR count). The third-order valence-electron chi connectivity index (χ3n) is 4.93. The van der Waals surface area contributed by atoms with E-state index >= 15 is 0 Å². The fourth-order valence-electron chi connectivity index (χ4n) is 3.45. The highest BCUT2D eigenvalue weighted by Crippen LogP contribution is 2.27. The van der Waals surface area contributed by atoms with Gasteiger partial charge in [0.1, 0.15) is 0 Å². The Morgan fingerprint density at radius 3 is 2.67 bits per heavy atom. The molecule has 1 saturated heterocycles. The van der Waals surface area contributed by atoms with Crippen LogP contribution in [0.2, 0.25) is 0 Å². The molecule has 1 aliphatic heterocycles. The van der Waals surface area contributed by atoms with E-state index in [-0.39, 0.29) is 18.1 Å². The van der Waals surface area contributed by atoms with Crippen LogP contribution in [0.3, 0.4) is 0 Å². The van der Waals surface area contributed by atoms with Crippen molar-refractivity contribution in [3.05, 3.63) is 0 Å². The molecule has 1 amide bonds. The normalized spacial score (nSPS) is 29.5. The van der Waals surface area contributed by atoms with Crippen molar-refractivity contribution in [1.29, 1.82) is 0 Å². The predicted octanol–water partition coefficient (Wildman–Crippen LogP) is 1.07. The second-order valence-corrected chi connectivity index (χ2v) is 6.36. The Morgan fingerprint density at radius 2 is 2.05 bits per heavy atom. The molecule has 122 valence electrons. The molecule has 1 saturated carbocycles. The van der Waals surface area contributed by atoms with Crippen LogP contribution in [0.15, 0.2) is 0 Å². The molecule has 1 aliphatic carbocycles. The first kappa shape index (κ1) is 16.7. The molecule has 5 heteroatoms. The van der Waals surface area contributed by atoms with E-state index in [1.807, 2.05) is 4.90 Å². The number of carbonyl (C=O) groups excluding carboxylic acids is 1. The molecule has 21 heavy (non-hydrogen) atoms. The number of rotatable bonds is 7. The van der Waals surface area contributed by atoms with Crippen molar-refractivity contribution in [2.45, 2.75) is 51.7 Å². The van der Waals surface area contributed by atoms with Crippen LogP contribution in [-0.2, 0) is 9.53 Å². The number of ether oxygens (including phenoxy) is 1. The summed E-state index contributed by atoms with van der Waals surface area (Å²) < 4.78 is 5.94. The van der Waals surface area contributed by atoms with Crippen molar-refractivity contribution in [2.75, 3.05) is 39.3 Å². The molecule has 0 aromatic heterocycles. The Balaban J connectivity index is 1.67. The molecular weight excluding hydrogens is 266 g/mol. The lowest BCUT2D eigenvalue weighted by Crippen LogP contribution is -2.35. The summed E-state index contributed by atoms with van der Waals surface area (Å²) in [6.45, 7) is 9.84. The number of likely N-dealkylation sites (N-methyl/N-ethyl adjacent to an activating group) is 1. The average Bonchev–Trinajstić information content (AvgIpc) is 3.12. The van der Waals surface area contributed by atoms with Crippen LogP contribution in [0.1, 0.15) is 39.5 Å². The fraction of sp³-hybridized carbons (Fsp3) is 0.938. The van der Waals surface area contributed by atoms with Gasteiger partial charge in [0.05, 0.1) is 12.7 Å². The Morgan fingerprint density at radius 1 is 1.29 bits per heavy atom. The van der Waals surface area contributed by atoms with Crippen LogP contribution in [0.4, 0.5) is 0 Å². The summed E-state index contributed by atoms with van der Waals surface area (Å²) in [7, 11) is 0. The number of carbonyl (C=O) groups is 1. The number of hydrogen-bond donors (Lipinski definition) is 1. The van der Waals surface area contributed by atoms with Gasteiger partial charge in [-0.25, -0.2) is 0 Å². The van der Waals surface area contributed by atoms with E-state index in [0.29, 0.717) is 5.91 Å². The van der Waals surface area contributed by atoms with Gasteiger partial charge in [-0.2, -0.15) is 0 Å². The maximum Gasteiger partial charge on any atom is 0.225 e. The lowest BCUT2D eigenvalue weighted by Gasteiger charge is -2.21. The van der Waals surface area contributed by atoms with Crippen molar-refractivity contribution < 1.29 is 9.53 Å². The number of hydrogen-bond acceptors (Lipinski definition) is 4. The second kappa shape index (κ2) is 8.11. The standard InChI is InChI=1S/C16H31N3O2/c1-3-18(4-2)9-10-21-15-7-8-19(12-15)16(20)13-5-6-14(17)11-13/h13-15H,3-12,17H2,1-2H3. The minimum absolute atomic E-state index is 0.162. The summed E-state index contributed by atoms with van der Waals surface area (Å²) >= 11 is 0. The van der Waals surface area contributed by atoms with Gasteiger partial charge in [0, 0.05) is 31.6 Å². The largest absolute Gasteiger partial charge is 0.375 e. The molecule has 2 N–H and O–H groups in total. The zero-order valence-corrected chi connectivity index (χ0v) is 13.6. The van der Waals surface area contributed by atoms with Gasteiger partial charge in [0.25, 0.3) is 0 Å². The maximum atomic E-state index is 12.4. The minimum Gasteiger partial charge on any atom is -0.375 e. The summed E-state index contributed by atoms with van der Waals surface area (Å²) in [5, 5.41) is 0. The fourth-order valence-corrected chi connectivity index (χ4v) is 3.45. The van der Waals surface area contributed by atoms with E-state index in [1.54, 1.807) is 0 Å². The van der Waals surface area contributed by atoms with Gasteiger partial charge in [-0.05, 0) is 38.8 Å². The highest BCUT2D eigenvalue weighted by molar-refractivity contribution is 5.79. The molecule has 1 heterocycles. The zero-order valence-electron chi connectivity index (χ0n) is 13.6. The summed E-state index contributed by atoms with van der Waals surface area (Å²) in [5.41, 5.74) is 5.91. The van der Waals surface area contributed by atoms with E-state index in [4.69, 9.17) is 10.5 Å². The number of nitrogens with zero attached hydrogens (tertiary/aromatic N) is 2. The van der Waals surface area contributed by atoms with Crippen molar-refractivity contribution in [3.63, 3.8) is 0 Å². The van der Waals surface area contributed by atoms with Gasteiger partial charge in [-0.15, -0.1) is 0 Å². The molecule has 0 radical (unpaired) electrons. The molecule has 3 unspecified atom stereocenters. The lowest BCUT2D eigenvalue weighted by atomic mass is 10.1. The van der Waals surface area contributed by atoms with Gasteiger partial charge in [0.15, 0.2) is 0 Å². The quantitative estimate of drug-likeness (QED) is 0.764. The first-order chi connectivity index (χ1) is 10.1. The third kappa shape index (κ3) is 4.66. The first-order valence-electron chi connectivity index (χ1n) is 8.52. The Bertz CT molecular complexity index is 333. The van der Waals surface area contributed by atoms with Gasteiger partial charge >= 0.3 is 0 Å². The molecule has 0 spiro atoms. The molecule has 2 aliphatic rings. The van der Waals surface area contributed by atoms with Crippen LogP contribution in [0, 0.1) is 5.92 Å². The molecule has 0 aromatic rings. The number of amides is 1.